The summed E-state index contributed by atoms with van der Waals surface area (Å²) < 4.78 is 7.73. The molecule has 0 aliphatic heterocycles. The minimum atomic E-state index is -0.123. The summed E-state index contributed by atoms with van der Waals surface area (Å²) in [7, 11) is 0. The molecule has 0 amide bonds. The third-order valence-electron chi connectivity index (χ3n) is 5.03. The number of ether oxygens (including phenoxy) is 1. The van der Waals surface area contributed by atoms with Gasteiger partial charge in [0.2, 0.25) is 0 Å². The zero-order valence-electron chi connectivity index (χ0n) is 16.9. The summed E-state index contributed by atoms with van der Waals surface area (Å²) in [5.41, 5.74) is 4.40. The molecule has 1 atom stereocenters. The number of aliphatic hydroxyl groups is 1. The maximum Gasteiger partial charge on any atom is 0.148 e. The van der Waals surface area contributed by atoms with Crippen molar-refractivity contribution in [2.24, 2.45) is 0 Å². The fourth-order valence-corrected chi connectivity index (χ4v) is 3.59. The zero-order chi connectivity index (χ0) is 21.5. The molecular weight excluding hydrogens is 416 g/mol. The number of nitrogens with zero attached hydrogens (tertiary/aromatic N) is 5. The number of halogens is 1. The lowest BCUT2D eigenvalue weighted by molar-refractivity contribution is 0.230. The van der Waals surface area contributed by atoms with Crippen LogP contribution in [0, 0.1) is 6.92 Å². The summed E-state index contributed by atoms with van der Waals surface area (Å²) in [5, 5.41) is 14.0. The van der Waals surface area contributed by atoms with E-state index in [-0.39, 0.29) is 12.6 Å². The minimum absolute atomic E-state index is 0.000945. The number of aliphatic hydroxyl groups excluding tert-OH is 1. The van der Waals surface area contributed by atoms with E-state index in [1.165, 1.54) is 0 Å². The average molecular weight is 435 g/mol. The number of H-pyrrole nitrogens is 1. The molecule has 3 aromatic heterocycles. The number of aromatic amines is 1. The van der Waals surface area contributed by atoms with Crippen LogP contribution >= 0.6 is 11.6 Å². The Kier molecular flexibility index (Phi) is 4.80. The van der Waals surface area contributed by atoms with Crippen LogP contribution in [0.2, 0.25) is 5.02 Å². The molecule has 0 saturated carbocycles. The number of fused-ring (bicyclic) bond motifs is 2. The highest BCUT2D eigenvalue weighted by molar-refractivity contribution is 6.36. The van der Waals surface area contributed by atoms with E-state index in [0.717, 1.165) is 22.4 Å². The maximum absolute atomic E-state index is 9.33. The molecule has 2 N–H and O–H groups in total. The molecule has 0 spiro atoms. The molecule has 9 heteroatoms. The van der Waals surface area contributed by atoms with E-state index in [1.54, 1.807) is 23.1 Å². The van der Waals surface area contributed by atoms with Crippen molar-refractivity contribution in [2.75, 3.05) is 6.61 Å². The van der Waals surface area contributed by atoms with Gasteiger partial charge in [0, 0.05) is 17.8 Å². The molecule has 0 saturated heterocycles. The number of imidazole rings is 1. The number of hydrogen-bond donors (Lipinski definition) is 2. The van der Waals surface area contributed by atoms with E-state index in [1.807, 2.05) is 44.3 Å². The quantitative estimate of drug-likeness (QED) is 0.416. The van der Waals surface area contributed by atoms with Gasteiger partial charge in [0.1, 0.15) is 27.9 Å². The topological polar surface area (TPSA) is 102 Å². The standard InChI is InChI=1S/C22H19ClN6O2/c1-12(11-30)29-10-14(8-25-29)19-9-24-17-5-6-20(21(23)22(17)28-19)31-15-3-4-16-18(7-15)27-13(2)26-16/h3-10,12,30H,11H2,1-2H3,(H,26,27)/t12-/m1/s1. The number of rotatable bonds is 5. The molecule has 0 bridgehead atoms. The van der Waals surface area contributed by atoms with Gasteiger partial charge in [0.05, 0.1) is 47.3 Å². The van der Waals surface area contributed by atoms with Crippen molar-refractivity contribution in [3.05, 3.63) is 59.8 Å². The first kappa shape index (κ1) is 19.5. The van der Waals surface area contributed by atoms with Crippen molar-refractivity contribution >= 4 is 33.7 Å². The van der Waals surface area contributed by atoms with E-state index >= 15 is 0 Å². The van der Waals surface area contributed by atoms with Crippen LogP contribution in [0.1, 0.15) is 18.8 Å². The molecule has 8 nitrogen and oxygen atoms in total. The van der Waals surface area contributed by atoms with Crippen molar-refractivity contribution < 1.29 is 9.84 Å². The zero-order valence-corrected chi connectivity index (χ0v) is 17.6. The lowest BCUT2D eigenvalue weighted by Gasteiger charge is -2.10. The molecule has 3 heterocycles. The minimum Gasteiger partial charge on any atom is -0.456 e. The Labute approximate surface area is 182 Å². The van der Waals surface area contributed by atoms with Crippen LogP contribution < -0.4 is 4.74 Å². The molecule has 2 aromatic carbocycles. The van der Waals surface area contributed by atoms with Crippen molar-refractivity contribution in [1.29, 1.82) is 0 Å². The molecule has 0 fully saturated rings. The van der Waals surface area contributed by atoms with Crippen LogP contribution in [0.25, 0.3) is 33.3 Å². The second kappa shape index (κ2) is 7.64. The second-order valence-electron chi connectivity index (χ2n) is 7.34. The molecule has 31 heavy (non-hydrogen) atoms. The Bertz CT molecular complexity index is 1410. The Morgan fingerprint density at radius 3 is 2.84 bits per heavy atom. The highest BCUT2D eigenvalue weighted by Gasteiger charge is 2.14. The van der Waals surface area contributed by atoms with Crippen LogP contribution in [-0.2, 0) is 0 Å². The van der Waals surface area contributed by atoms with E-state index in [2.05, 4.69) is 20.1 Å². The molecule has 156 valence electrons. The fraction of sp³-hybridized carbons (Fsp3) is 0.182. The predicted molar refractivity (Wildman–Crippen MR) is 118 cm³/mol. The normalized spacial score (nSPS) is 12.5. The van der Waals surface area contributed by atoms with E-state index < -0.39 is 0 Å². The van der Waals surface area contributed by atoms with Crippen LogP contribution in [-0.4, -0.2) is 41.4 Å². The van der Waals surface area contributed by atoms with Crippen LogP contribution in [0.5, 0.6) is 11.5 Å². The lowest BCUT2D eigenvalue weighted by atomic mass is 10.2. The van der Waals surface area contributed by atoms with E-state index in [0.29, 0.717) is 33.2 Å². The largest absolute Gasteiger partial charge is 0.456 e. The van der Waals surface area contributed by atoms with Crippen molar-refractivity contribution in [2.45, 2.75) is 19.9 Å². The number of benzene rings is 2. The van der Waals surface area contributed by atoms with E-state index in [4.69, 9.17) is 21.3 Å². The number of nitrogens with one attached hydrogen (secondary N) is 1. The third kappa shape index (κ3) is 3.60. The van der Waals surface area contributed by atoms with Crippen LogP contribution in [0.15, 0.2) is 48.9 Å². The second-order valence-corrected chi connectivity index (χ2v) is 7.72. The molecule has 5 rings (SSSR count). The number of hydrogen-bond acceptors (Lipinski definition) is 6. The number of aryl methyl sites for hydroxylation is 1. The summed E-state index contributed by atoms with van der Waals surface area (Å²) in [4.78, 5) is 16.8. The SMILES string of the molecule is Cc1nc2ccc(Oc3ccc4ncc(-c5cnn([C@H](C)CO)c5)nc4c3Cl)cc2[nH]1. The van der Waals surface area contributed by atoms with Crippen LogP contribution in [0.4, 0.5) is 0 Å². The lowest BCUT2D eigenvalue weighted by Crippen LogP contribution is -2.09. The van der Waals surface area contributed by atoms with Gasteiger partial charge in [0.25, 0.3) is 0 Å². The summed E-state index contributed by atoms with van der Waals surface area (Å²) in [6.07, 6.45) is 5.20. The van der Waals surface area contributed by atoms with Crippen molar-refractivity contribution in [3.8, 4) is 22.8 Å². The first-order valence-corrected chi connectivity index (χ1v) is 10.1. The molecule has 0 unspecified atom stereocenters. The smallest absolute Gasteiger partial charge is 0.148 e. The summed E-state index contributed by atoms with van der Waals surface area (Å²) in [5.74, 6) is 1.97. The maximum atomic E-state index is 9.33. The van der Waals surface area contributed by atoms with Gasteiger partial charge in [-0.25, -0.2) is 9.97 Å². The number of aromatic nitrogens is 6. The van der Waals surface area contributed by atoms with Gasteiger partial charge in [-0.2, -0.15) is 5.10 Å². The fourth-order valence-electron chi connectivity index (χ4n) is 3.35. The highest BCUT2D eigenvalue weighted by atomic mass is 35.5. The molecule has 0 aliphatic rings. The predicted octanol–water partition coefficient (Wildman–Crippen LogP) is 4.68. The monoisotopic (exact) mass is 434 g/mol. The van der Waals surface area contributed by atoms with Gasteiger partial charge in [0.15, 0.2) is 0 Å². The highest BCUT2D eigenvalue weighted by Crippen LogP contribution is 2.35. The van der Waals surface area contributed by atoms with Crippen molar-refractivity contribution in [3.63, 3.8) is 0 Å². The summed E-state index contributed by atoms with van der Waals surface area (Å²) in [6.45, 7) is 3.79. The van der Waals surface area contributed by atoms with Gasteiger partial charge < -0.3 is 14.8 Å². The summed E-state index contributed by atoms with van der Waals surface area (Å²) in [6, 6.07) is 9.11. The Morgan fingerprint density at radius 2 is 2.00 bits per heavy atom. The van der Waals surface area contributed by atoms with Gasteiger partial charge in [-0.05, 0) is 38.1 Å². The van der Waals surface area contributed by atoms with E-state index in [9.17, 15) is 5.11 Å². The Morgan fingerprint density at radius 1 is 1.16 bits per heavy atom. The van der Waals surface area contributed by atoms with Crippen LogP contribution in [0.3, 0.4) is 0 Å². The van der Waals surface area contributed by atoms with Gasteiger partial charge in [-0.1, -0.05) is 11.6 Å². The van der Waals surface area contributed by atoms with Gasteiger partial charge >= 0.3 is 0 Å². The van der Waals surface area contributed by atoms with Crippen molar-refractivity contribution in [1.82, 2.24) is 29.7 Å². The Balaban J connectivity index is 1.51. The molecule has 0 radical (unpaired) electrons. The first-order chi connectivity index (χ1) is 15.0. The Hall–Kier alpha value is -3.49. The molecule has 0 aliphatic carbocycles. The van der Waals surface area contributed by atoms with Gasteiger partial charge in [-0.15, -0.1) is 0 Å². The third-order valence-corrected chi connectivity index (χ3v) is 5.40. The molecule has 5 aromatic rings. The summed E-state index contributed by atoms with van der Waals surface area (Å²) >= 11 is 6.65. The first-order valence-electron chi connectivity index (χ1n) is 9.76. The van der Waals surface area contributed by atoms with Gasteiger partial charge in [-0.3, -0.25) is 9.67 Å². The average Bonchev–Trinajstić information content (AvgIpc) is 3.41. The molecular formula is C22H19ClN6O2.